The molecule has 0 atom stereocenters. The fourth-order valence-corrected chi connectivity index (χ4v) is 4.67. The quantitative estimate of drug-likeness (QED) is 0.121. The number of nitro groups is 1. The third-order valence-corrected chi connectivity index (χ3v) is 6.60. The molecule has 0 aliphatic rings. The number of carbonyl (C=O) groups is 1. The van der Waals surface area contributed by atoms with E-state index in [9.17, 15) is 28.6 Å². The van der Waals surface area contributed by atoms with Crippen LogP contribution in [0.4, 0.5) is 11.4 Å². The molecule has 0 heterocycles. The second kappa shape index (κ2) is 11.2. The predicted octanol–water partition coefficient (Wildman–Crippen LogP) is 5.33. The molecule has 0 aromatic heterocycles. The fraction of sp³-hybridized carbons (Fsp3) is 0.0435. The molecule has 0 saturated heterocycles. The van der Waals surface area contributed by atoms with Gasteiger partial charge in [0.25, 0.3) is 11.6 Å². The molecule has 3 rings (SSSR count). The van der Waals surface area contributed by atoms with Crippen LogP contribution in [-0.4, -0.2) is 26.4 Å². The first-order valence-electron chi connectivity index (χ1n) is 9.79. The Morgan fingerprint density at radius 1 is 1.19 bits per heavy atom. The van der Waals surface area contributed by atoms with Crippen molar-refractivity contribution in [1.29, 1.82) is 5.26 Å². The van der Waals surface area contributed by atoms with Crippen LogP contribution in [0.5, 0.6) is 11.5 Å². The summed E-state index contributed by atoms with van der Waals surface area (Å²) in [5.41, 5.74) is 0.205. The number of rotatable bonds is 8. The van der Waals surface area contributed by atoms with Crippen LogP contribution in [0.3, 0.4) is 0 Å². The highest BCUT2D eigenvalue weighted by molar-refractivity contribution is 9.10. The number of benzene rings is 3. The van der Waals surface area contributed by atoms with E-state index in [2.05, 4.69) is 21.2 Å². The van der Waals surface area contributed by atoms with E-state index < -0.39 is 20.9 Å². The number of anilines is 1. The van der Waals surface area contributed by atoms with Crippen molar-refractivity contribution in [2.45, 2.75) is 4.90 Å². The first-order chi connectivity index (χ1) is 17.0. The molecule has 36 heavy (non-hydrogen) atoms. The van der Waals surface area contributed by atoms with Crippen molar-refractivity contribution >= 4 is 61.0 Å². The summed E-state index contributed by atoms with van der Waals surface area (Å²) in [4.78, 5) is 22.4. The zero-order chi connectivity index (χ0) is 26.5. The first-order valence-corrected chi connectivity index (χ1v) is 12.4. The van der Waals surface area contributed by atoms with Crippen LogP contribution in [0.25, 0.3) is 6.08 Å². The lowest BCUT2D eigenvalue weighted by Gasteiger charge is -2.13. The van der Waals surface area contributed by atoms with E-state index in [1.165, 1.54) is 31.4 Å². The van der Waals surface area contributed by atoms with Crippen molar-refractivity contribution in [3.05, 3.63) is 91.4 Å². The number of carbonyl (C=O) groups excluding carboxylic acids is 1. The summed E-state index contributed by atoms with van der Waals surface area (Å²) in [5, 5.41) is 23.3. The highest BCUT2D eigenvalue weighted by atomic mass is 79.9. The van der Waals surface area contributed by atoms with E-state index in [1.807, 2.05) is 6.07 Å². The van der Waals surface area contributed by atoms with Crippen LogP contribution in [0.15, 0.2) is 75.6 Å². The largest absolute Gasteiger partial charge is 0.493 e. The zero-order valence-corrected chi connectivity index (χ0v) is 21.4. The van der Waals surface area contributed by atoms with Crippen LogP contribution in [0.1, 0.15) is 5.56 Å². The molecule has 0 saturated carbocycles. The topological polar surface area (TPSA) is 149 Å². The van der Waals surface area contributed by atoms with E-state index in [-0.39, 0.29) is 32.1 Å². The van der Waals surface area contributed by atoms with Gasteiger partial charge in [-0.2, -0.15) is 13.7 Å². The third-order valence-electron chi connectivity index (χ3n) is 4.54. The van der Waals surface area contributed by atoms with Gasteiger partial charge in [0.15, 0.2) is 11.5 Å². The smallest absolute Gasteiger partial charge is 0.339 e. The number of halogens is 2. The first kappa shape index (κ1) is 26.7. The number of nitro benzene ring substituents is 1. The maximum absolute atomic E-state index is 12.7. The lowest BCUT2D eigenvalue weighted by Crippen LogP contribution is -2.13. The van der Waals surface area contributed by atoms with Crippen LogP contribution in [0, 0.1) is 21.4 Å². The lowest BCUT2D eigenvalue weighted by molar-refractivity contribution is -0.384. The highest BCUT2D eigenvalue weighted by Crippen LogP contribution is 2.39. The average Bonchev–Trinajstić information content (AvgIpc) is 2.83. The Morgan fingerprint density at radius 2 is 1.89 bits per heavy atom. The molecular weight excluding hydrogens is 578 g/mol. The van der Waals surface area contributed by atoms with E-state index in [1.54, 1.807) is 18.2 Å². The van der Waals surface area contributed by atoms with Gasteiger partial charge in [-0.05, 0) is 70.0 Å². The van der Waals surface area contributed by atoms with Crippen molar-refractivity contribution in [3.8, 4) is 17.6 Å². The molecule has 0 fully saturated rings. The standard InChI is InChI=1S/C23H15BrClN3O7S/c1-34-21-11-14(9-15(13-26)23(29)27-17-4-2-3-16(25)12-17)10-20(24)22(21)35-36(32,33)19-7-5-18(6-8-19)28(30)31/h2-12H,1H3,(H,27,29)/b15-9+. The van der Waals surface area contributed by atoms with Crippen LogP contribution >= 0.6 is 27.5 Å². The minimum Gasteiger partial charge on any atom is -0.493 e. The number of nitriles is 1. The molecule has 0 unspecified atom stereocenters. The SMILES string of the molecule is COc1cc(/C=C(\C#N)C(=O)Nc2cccc(Cl)c2)cc(Br)c1OS(=O)(=O)c1ccc([N+](=O)[O-])cc1. The normalized spacial score (nSPS) is 11.3. The number of ether oxygens (including phenoxy) is 1. The maximum atomic E-state index is 12.7. The Balaban J connectivity index is 1.90. The van der Waals surface area contributed by atoms with Gasteiger partial charge in [0, 0.05) is 22.8 Å². The summed E-state index contributed by atoms with van der Waals surface area (Å²) >= 11 is 9.13. The minimum absolute atomic E-state index is 0.0198. The summed E-state index contributed by atoms with van der Waals surface area (Å²) in [5.74, 6) is -0.903. The molecule has 3 aromatic rings. The number of nitrogens with zero attached hydrogens (tertiary/aromatic N) is 2. The number of hydrogen-bond acceptors (Lipinski definition) is 8. The van der Waals surface area contributed by atoms with E-state index in [4.69, 9.17) is 20.5 Å². The number of nitrogens with one attached hydrogen (secondary N) is 1. The number of methoxy groups -OCH3 is 1. The van der Waals surface area contributed by atoms with Crippen molar-refractivity contribution < 1.29 is 27.1 Å². The maximum Gasteiger partial charge on any atom is 0.339 e. The molecule has 3 aromatic carbocycles. The Kier molecular flexibility index (Phi) is 8.31. The summed E-state index contributed by atoms with van der Waals surface area (Å²) in [6.07, 6.45) is 1.28. The second-order valence-electron chi connectivity index (χ2n) is 6.96. The number of non-ortho nitro benzene ring substituents is 1. The van der Waals surface area contributed by atoms with E-state index in [0.29, 0.717) is 16.3 Å². The Morgan fingerprint density at radius 3 is 2.47 bits per heavy atom. The summed E-state index contributed by atoms with van der Waals surface area (Å²) in [7, 11) is -3.10. The van der Waals surface area contributed by atoms with Crippen molar-refractivity contribution in [2.75, 3.05) is 12.4 Å². The van der Waals surface area contributed by atoms with Crippen molar-refractivity contribution in [1.82, 2.24) is 0 Å². The summed E-state index contributed by atoms with van der Waals surface area (Å²) < 4.78 is 36.0. The van der Waals surface area contributed by atoms with Crippen LogP contribution in [-0.2, 0) is 14.9 Å². The fourth-order valence-electron chi connectivity index (χ4n) is 2.88. The Bertz CT molecular complexity index is 1520. The Hall–Kier alpha value is -3.92. The third kappa shape index (κ3) is 6.39. The van der Waals surface area contributed by atoms with Gasteiger partial charge in [-0.25, -0.2) is 0 Å². The van der Waals surface area contributed by atoms with Crippen LogP contribution in [0.2, 0.25) is 5.02 Å². The minimum atomic E-state index is -4.38. The highest BCUT2D eigenvalue weighted by Gasteiger charge is 2.23. The number of amides is 1. The van der Waals surface area contributed by atoms with Crippen LogP contribution < -0.4 is 14.2 Å². The van der Waals surface area contributed by atoms with Gasteiger partial charge < -0.3 is 14.2 Å². The van der Waals surface area contributed by atoms with Gasteiger partial charge in [-0.15, -0.1) is 0 Å². The van der Waals surface area contributed by atoms with Gasteiger partial charge in [-0.3, -0.25) is 14.9 Å². The molecular formula is C23H15BrClN3O7S. The van der Waals surface area contributed by atoms with E-state index >= 15 is 0 Å². The molecule has 0 spiro atoms. The van der Waals surface area contributed by atoms with Crippen molar-refractivity contribution in [3.63, 3.8) is 0 Å². The van der Waals surface area contributed by atoms with Gasteiger partial charge >= 0.3 is 10.1 Å². The predicted molar refractivity (Wildman–Crippen MR) is 135 cm³/mol. The van der Waals surface area contributed by atoms with Gasteiger partial charge in [0.2, 0.25) is 0 Å². The molecule has 0 aliphatic heterocycles. The van der Waals surface area contributed by atoms with Gasteiger partial charge in [0.05, 0.1) is 16.5 Å². The molecule has 1 N–H and O–H groups in total. The molecule has 184 valence electrons. The summed E-state index contributed by atoms with van der Waals surface area (Å²) in [6, 6.07) is 15.2. The molecule has 10 nitrogen and oxygen atoms in total. The molecule has 13 heteroatoms. The molecule has 1 amide bonds. The second-order valence-corrected chi connectivity index (χ2v) is 9.79. The molecule has 0 bridgehead atoms. The number of hydrogen-bond donors (Lipinski definition) is 1. The lowest BCUT2D eigenvalue weighted by atomic mass is 10.1. The average molecular weight is 593 g/mol. The molecule has 0 aliphatic carbocycles. The summed E-state index contributed by atoms with van der Waals surface area (Å²) in [6.45, 7) is 0. The van der Waals surface area contributed by atoms with Gasteiger partial charge in [0.1, 0.15) is 16.5 Å². The van der Waals surface area contributed by atoms with Crippen molar-refractivity contribution in [2.24, 2.45) is 0 Å². The van der Waals surface area contributed by atoms with Gasteiger partial charge in [-0.1, -0.05) is 17.7 Å². The molecule has 0 radical (unpaired) electrons. The Labute approximate surface area is 219 Å². The zero-order valence-electron chi connectivity index (χ0n) is 18.3. The van der Waals surface area contributed by atoms with E-state index in [0.717, 1.165) is 24.3 Å². The monoisotopic (exact) mass is 591 g/mol.